The van der Waals surface area contributed by atoms with Crippen LogP contribution in [0.2, 0.25) is 0 Å². The van der Waals surface area contributed by atoms with Crippen LogP contribution in [0.25, 0.3) is 0 Å². The number of hydrogen-bond donors (Lipinski definition) is 2. The molecule has 2 amide bonds. The van der Waals surface area contributed by atoms with Crippen LogP contribution < -0.4 is 15.4 Å². The fourth-order valence-corrected chi connectivity index (χ4v) is 2.00. The quantitative estimate of drug-likeness (QED) is 0.710. The molecule has 0 spiro atoms. The topological polar surface area (TPSA) is 67.4 Å². The van der Waals surface area contributed by atoms with Gasteiger partial charge in [0.2, 0.25) is 5.91 Å². The van der Waals surface area contributed by atoms with Crippen molar-refractivity contribution in [2.45, 2.75) is 32.9 Å². The minimum absolute atomic E-state index is 0.0571. The maximum absolute atomic E-state index is 11.9. The predicted molar refractivity (Wildman–Crippen MR) is 82.7 cm³/mol. The average Bonchev–Trinajstić information content (AvgIpc) is 2.49. The van der Waals surface area contributed by atoms with E-state index in [1.54, 1.807) is 5.32 Å². The van der Waals surface area contributed by atoms with Crippen molar-refractivity contribution in [3.05, 3.63) is 29.3 Å². The van der Waals surface area contributed by atoms with Crippen LogP contribution >= 0.6 is 0 Å². The third-order valence-corrected chi connectivity index (χ3v) is 3.19. The van der Waals surface area contributed by atoms with Crippen molar-refractivity contribution in [1.29, 1.82) is 0 Å². The van der Waals surface area contributed by atoms with Crippen molar-refractivity contribution in [3.63, 3.8) is 0 Å². The monoisotopic (exact) mass is 346 g/mol. The van der Waals surface area contributed by atoms with Gasteiger partial charge in [0.15, 0.2) is 0 Å². The molecule has 0 atom stereocenters. The second kappa shape index (κ2) is 9.14. The van der Waals surface area contributed by atoms with E-state index in [1.165, 1.54) is 0 Å². The number of amides is 2. The Morgan fingerprint density at radius 2 is 1.67 bits per heavy atom. The van der Waals surface area contributed by atoms with Crippen LogP contribution in [0.1, 0.15) is 24.0 Å². The molecule has 0 bridgehead atoms. The van der Waals surface area contributed by atoms with Crippen LogP contribution in [-0.4, -0.2) is 37.7 Å². The van der Waals surface area contributed by atoms with Gasteiger partial charge >= 0.3 is 12.1 Å². The number of aryl methyl sites for hydroxylation is 2. The molecule has 8 heteroatoms. The maximum atomic E-state index is 11.9. The number of benzene rings is 1. The first-order chi connectivity index (χ1) is 11.2. The summed E-state index contributed by atoms with van der Waals surface area (Å²) in [5.41, 5.74) is 2.03. The van der Waals surface area contributed by atoms with Crippen LogP contribution in [0.3, 0.4) is 0 Å². The van der Waals surface area contributed by atoms with Crippen LogP contribution in [0.5, 0.6) is 5.75 Å². The first-order valence-electron chi connectivity index (χ1n) is 7.52. The Balaban J connectivity index is 2.16. The Kier molecular flexibility index (Phi) is 7.54. The molecule has 0 aliphatic carbocycles. The highest BCUT2D eigenvalue weighted by molar-refractivity contribution is 5.81. The molecule has 0 unspecified atom stereocenters. The van der Waals surface area contributed by atoms with Crippen molar-refractivity contribution in [1.82, 2.24) is 10.6 Å². The van der Waals surface area contributed by atoms with Crippen LogP contribution in [0, 0.1) is 13.8 Å². The van der Waals surface area contributed by atoms with Gasteiger partial charge in [-0.1, -0.05) is 18.2 Å². The van der Waals surface area contributed by atoms with E-state index < -0.39 is 12.1 Å². The number of carbonyl (C=O) groups is 2. The number of para-hydroxylation sites is 1. The summed E-state index contributed by atoms with van der Waals surface area (Å²) in [6.45, 7) is 3.90. The average molecular weight is 346 g/mol. The first kappa shape index (κ1) is 19.8. The summed E-state index contributed by atoms with van der Waals surface area (Å²) in [6, 6.07) is 5.80. The molecular weight excluding hydrogens is 325 g/mol. The lowest BCUT2D eigenvalue weighted by molar-refractivity contribution is -0.173. The second-order valence-electron chi connectivity index (χ2n) is 5.28. The van der Waals surface area contributed by atoms with Crippen molar-refractivity contribution < 1.29 is 27.5 Å². The summed E-state index contributed by atoms with van der Waals surface area (Å²) in [7, 11) is 0. The summed E-state index contributed by atoms with van der Waals surface area (Å²) >= 11 is 0. The summed E-state index contributed by atoms with van der Waals surface area (Å²) in [6.07, 6.45) is -4.23. The van der Waals surface area contributed by atoms with Gasteiger partial charge in [-0.05, 0) is 31.4 Å². The molecule has 24 heavy (non-hydrogen) atoms. The molecule has 2 N–H and O–H groups in total. The van der Waals surface area contributed by atoms with Gasteiger partial charge in [0.25, 0.3) is 0 Å². The molecule has 0 saturated heterocycles. The fourth-order valence-electron chi connectivity index (χ4n) is 2.00. The zero-order valence-electron chi connectivity index (χ0n) is 13.6. The standard InChI is InChI=1S/C16H21F3N2O3/c1-11-5-3-6-12(2)14(11)24-10-4-7-13(22)20-8-9-21-15(23)16(17,18)19/h3,5-6H,4,7-10H2,1-2H3,(H,20,22)(H,21,23). The van der Waals surface area contributed by atoms with E-state index in [-0.39, 0.29) is 25.4 Å². The van der Waals surface area contributed by atoms with Gasteiger partial charge in [-0.25, -0.2) is 0 Å². The second-order valence-corrected chi connectivity index (χ2v) is 5.28. The minimum atomic E-state index is -4.91. The zero-order valence-corrected chi connectivity index (χ0v) is 13.6. The third kappa shape index (κ3) is 6.89. The third-order valence-electron chi connectivity index (χ3n) is 3.19. The zero-order chi connectivity index (χ0) is 18.2. The Morgan fingerprint density at radius 1 is 1.08 bits per heavy atom. The van der Waals surface area contributed by atoms with Gasteiger partial charge in [-0.2, -0.15) is 13.2 Å². The van der Waals surface area contributed by atoms with E-state index in [2.05, 4.69) is 5.32 Å². The number of rotatable bonds is 8. The lowest BCUT2D eigenvalue weighted by Gasteiger charge is -2.12. The van der Waals surface area contributed by atoms with E-state index in [9.17, 15) is 22.8 Å². The summed E-state index contributed by atoms with van der Waals surface area (Å²) in [4.78, 5) is 22.1. The van der Waals surface area contributed by atoms with Gasteiger partial charge in [0, 0.05) is 19.5 Å². The molecule has 5 nitrogen and oxygen atoms in total. The van der Waals surface area contributed by atoms with Gasteiger partial charge in [-0.15, -0.1) is 0 Å². The molecular formula is C16H21F3N2O3. The fraction of sp³-hybridized carbons (Fsp3) is 0.500. The van der Waals surface area contributed by atoms with Crippen LogP contribution in [0.4, 0.5) is 13.2 Å². The summed E-state index contributed by atoms with van der Waals surface area (Å²) in [5, 5.41) is 4.11. The molecule has 0 fully saturated rings. The number of halogens is 3. The number of ether oxygens (including phenoxy) is 1. The van der Waals surface area contributed by atoms with E-state index in [0.717, 1.165) is 16.9 Å². The summed E-state index contributed by atoms with van der Waals surface area (Å²) < 4.78 is 41.4. The normalized spacial score (nSPS) is 11.0. The Morgan fingerprint density at radius 3 is 2.25 bits per heavy atom. The van der Waals surface area contributed by atoms with Crippen molar-refractivity contribution in [2.75, 3.05) is 19.7 Å². The molecule has 0 aliphatic rings. The smallest absolute Gasteiger partial charge is 0.471 e. The first-order valence-corrected chi connectivity index (χ1v) is 7.52. The Bertz CT molecular complexity index is 554. The van der Waals surface area contributed by atoms with Gasteiger partial charge in [0.05, 0.1) is 6.61 Å². The SMILES string of the molecule is Cc1cccc(C)c1OCCCC(=O)NCCNC(=O)C(F)(F)F. The molecule has 1 aromatic rings. The predicted octanol–water partition coefficient (Wildman–Crippen LogP) is 2.26. The summed E-state index contributed by atoms with van der Waals surface area (Å²) in [5.74, 6) is -1.52. The molecule has 134 valence electrons. The van der Waals surface area contributed by atoms with Gasteiger partial charge in [0.1, 0.15) is 5.75 Å². The molecule has 0 saturated carbocycles. The van der Waals surface area contributed by atoms with E-state index in [1.807, 2.05) is 32.0 Å². The number of nitrogens with one attached hydrogen (secondary N) is 2. The Hall–Kier alpha value is -2.25. The van der Waals surface area contributed by atoms with E-state index in [0.29, 0.717) is 13.0 Å². The van der Waals surface area contributed by atoms with E-state index >= 15 is 0 Å². The van der Waals surface area contributed by atoms with Crippen LogP contribution in [-0.2, 0) is 9.59 Å². The highest BCUT2D eigenvalue weighted by Crippen LogP contribution is 2.22. The Labute approximate surface area is 138 Å². The van der Waals surface area contributed by atoms with Crippen molar-refractivity contribution >= 4 is 11.8 Å². The minimum Gasteiger partial charge on any atom is -0.493 e. The molecule has 0 aromatic heterocycles. The van der Waals surface area contributed by atoms with Crippen molar-refractivity contribution in [3.8, 4) is 5.75 Å². The largest absolute Gasteiger partial charge is 0.493 e. The molecule has 0 aliphatic heterocycles. The molecule has 1 aromatic carbocycles. The number of carbonyl (C=O) groups excluding carboxylic acids is 2. The highest BCUT2D eigenvalue weighted by Gasteiger charge is 2.38. The number of alkyl halides is 3. The highest BCUT2D eigenvalue weighted by atomic mass is 19.4. The lowest BCUT2D eigenvalue weighted by Crippen LogP contribution is -2.41. The number of hydrogen-bond acceptors (Lipinski definition) is 3. The maximum Gasteiger partial charge on any atom is 0.471 e. The molecule has 0 radical (unpaired) electrons. The molecule has 1 rings (SSSR count). The van der Waals surface area contributed by atoms with Gasteiger partial charge in [-0.3, -0.25) is 9.59 Å². The lowest BCUT2D eigenvalue weighted by atomic mass is 10.1. The van der Waals surface area contributed by atoms with E-state index in [4.69, 9.17) is 4.74 Å². The van der Waals surface area contributed by atoms with Gasteiger partial charge < -0.3 is 15.4 Å². The van der Waals surface area contributed by atoms with Crippen molar-refractivity contribution in [2.24, 2.45) is 0 Å². The molecule has 0 heterocycles. The van der Waals surface area contributed by atoms with Crippen LogP contribution in [0.15, 0.2) is 18.2 Å².